The Balaban J connectivity index is 2.26. The number of ether oxygens (including phenoxy) is 1. The van der Waals surface area contributed by atoms with Gasteiger partial charge in [-0.05, 0) is 42.8 Å². The summed E-state index contributed by atoms with van der Waals surface area (Å²) in [5.41, 5.74) is 0.987. The first-order valence-corrected chi connectivity index (χ1v) is 5.68. The van der Waals surface area contributed by atoms with Crippen LogP contribution in [0.3, 0.4) is 0 Å². The van der Waals surface area contributed by atoms with Crippen molar-refractivity contribution in [3.8, 4) is 5.75 Å². The number of carboxylic acid groups (broad SMARTS) is 1. The zero-order chi connectivity index (χ0) is 13.8. The number of carboxylic acids is 1. The number of carbonyl (C=O) groups is 2. The van der Waals surface area contributed by atoms with Crippen molar-refractivity contribution >= 4 is 11.9 Å². The van der Waals surface area contributed by atoms with Crippen molar-refractivity contribution in [2.45, 2.75) is 6.92 Å². The third-order valence-corrected chi connectivity index (χ3v) is 2.51. The van der Waals surface area contributed by atoms with Gasteiger partial charge >= 0.3 is 11.9 Å². The molecule has 0 aliphatic carbocycles. The molecule has 4 nitrogen and oxygen atoms in total. The number of aryl methyl sites for hydroxylation is 1. The van der Waals surface area contributed by atoms with E-state index in [2.05, 4.69) is 0 Å². The fourth-order valence-electron chi connectivity index (χ4n) is 1.68. The van der Waals surface area contributed by atoms with E-state index in [1.165, 1.54) is 12.1 Å². The Bertz CT molecular complexity index is 617. The first kappa shape index (κ1) is 12.8. The summed E-state index contributed by atoms with van der Waals surface area (Å²) in [6.07, 6.45) is 0. The summed E-state index contributed by atoms with van der Waals surface area (Å²) in [5.74, 6) is -1.22. The summed E-state index contributed by atoms with van der Waals surface area (Å²) < 4.78 is 5.16. The van der Waals surface area contributed by atoms with E-state index in [0.29, 0.717) is 11.3 Å². The number of esters is 1. The van der Waals surface area contributed by atoms with Crippen molar-refractivity contribution in [3.05, 3.63) is 65.2 Å². The molecule has 2 aromatic rings. The lowest BCUT2D eigenvalue weighted by Crippen LogP contribution is -2.10. The van der Waals surface area contributed by atoms with Crippen LogP contribution in [0.4, 0.5) is 0 Å². The van der Waals surface area contributed by atoms with Crippen LogP contribution >= 0.6 is 0 Å². The van der Waals surface area contributed by atoms with Crippen molar-refractivity contribution in [2.24, 2.45) is 0 Å². The molecule has 0 unspecified atom stereocenters. The van der Waals surface area contributed by atoms with Gasteiger partial charge in [-0.1, -0.05) is 18.2 Å². The van der Waals surface area contributed by atoms with Gasteiger partial charge < -0.3 is 9.84 Å². The summed E-state index contributed by atoms with van der Waals surface area (Å²) in [7, 11) is 0. The molecule has 0 aliphatic rings. The Morgan fingerprint density at radius 3 is 2.26 bits per heavy atom. The Hall–Kier alpha value is -2.62. The molecule has 0 aliphatic heterocycles. The highest BCUT2D eigenvalue weighted by atomic mass is 16.5. The normalized spacial score (nSPS) is 9.95. The Morgan fingerprint density at radius 1 is 1.00 bits per heavy atom. The van der Waals surface area contributed by atoms with Crippen LogP contribution in [0.25, 0.3) is 0 Å². The minimum Gasteiger partial charge on any atom is -0.478 e. The standard InChI is InChI=1S/C15H12O4/c1-10-7-11(14(16)17)9-12(8-10)15(18)19-13-5-3-2-4-6-13/h2-9H,1H3,(H,16,17). The predicted molar refractivity (Wildman–Crippen MR) is 69.5 cm³/mol. The maximum Gasteiger partial charge on any atom is 0.343 e. The maximum atomic E-state index is 11.9. The van der Waals surface area contributed by atoms with Gasteiger partial charge in [-0.15, -0.1) is 0 Å². The lowest BCUT2D eigenvalue weighted by atomic mass is 10.1. The van der Waals surface area contributed by atoms with E-state index in [0.717, 1.165) is 0 Å². The topological polar surface area (TPSA) is 63.6 Å². The summed E-state index contributed by atoms with van der Waals surface area (Å²) in [6, 6.07) is 13.0. The van der Waals surface area contributed by atoms with E-state index in [9.17, 15) is 9.59 Å². The summed E-state index contributed by atoms with van der Waals surface area (Å²) in [4.78, 5) is 22.9. The molecular formula is C15H12O4. The number of hydrogen-bond acceptors (Lipinski definition) is 3. The molecule has 1 N–H and O–H groups in total. The molecule has 0 aromatic heterocycles. The third kappa shape index (κ3) is 3.19. The second-order valence-corrected chi connectivity index (χ2v) is 4.10. The highest BCUT2D eigenvalue weighted by Crippen LogP contribution is 2.14. The quantitative estimate of drug-likeness (QED) is 0.677. The van der Waals surface area contributed by atoms with Gasteiger partial charge in [0, 0.05) is 0 Å². The predicted octanol–water partition coefficient (Wildman–Crippen LogP) is 2.91. The minimum absolute atomic E-state index is 0.0695. The third-order valence-electron chi connectivity index (χ3n) is 2.51. The molecule has 0 saturated heterocycles. The molecule has 0 spiro atoms. The van der Waals surface area contributed by atoms with Gasteiger partial charge in [-0.2, -0.15) is 0 Å². The molecule has 19 heavy (non-hydrogen) atoms. The molecule has 0 radical (unpaired) electrons. The fourth-order valence-corrected chi connectivity index (χ4v) is 1.68. The average Bonchev–Trinajstić information content (AvgIpc) is 2.39. The van der Waals surface area contributed by atoms with Crippen molar-refractivity contribution in [2.75, 3.05) is 0 Å². The second kappa shape index (κ2) is 5.35. The molecule has 2 aromatic carbocycles. The van der Waals surface area contributed by atoms with Crippen molar-refractivity contribution in [3.63, 3.8) is 0 Å². The van der Waals surface area contributed by atoms with E-state index in [1.54, 1.807) is 37.3 Å². The van der Waals surface area contributed by atoms with Crippen LogP contribution in [-0.4, -0.2) is 17.0 Å². The average molecular weight is 256 g/mol. The largest absolute Gasteiger partial charge is 0.478 e. The van der Waals surface area contributed by atoms with Gasteiger partial charge in [0.05, 0.1) is 11.1 Å². The van der Waals surface area contributed by atoms with Crippen LogP contribution in [0.15, 0.2) is 48.5 Å². The zero-order valence-corrected chi connectivity index (χ0v) is 10.3. The van der Waals surface area contributed by atoms with E-state index in [-0.39, 0.29) is 11.1 Å². The summed E-state index contributed by atoms with van der Waals surface area (Å²) in [5, 5.41) is 8.95. The van der Waals surface area contributed by atoms with Crippen LogP contribution in [0.1, 0.15) is 26.3 Å². The molecule has 2 rings (SSSR count). The van der Waals surface area contributed by atoms with Crippen LogP contribution in [0.5, 0.6) is 5.75 Å². The molecule has 0 saturated carbocycles. The molecule has 0 heterocycles. The summed E-state index contributed by atoms with van der Waals surface area (Å²) in [6.45, 7) is 1.73. The Labute approximate surface area is 110 Å². The van der Waals surface area contributed by atoms with E-state index < -0.39 is 11.9 Å². The van der Waals surface area contributed by atoms with Crippen LogP contribution in [-0.2, 0) is 0 Å². The van der Waals surface area contributed by atoms with Crippen molar-refractivity contribution in [1.29, 1.82) is 0 Å². The van der Waals surface area contributed by atoms with Crippen LogP contribution in [0.2, 0.25) is 0 Å². The Kier molecular flexibility index (Phi) is 3.61. The molecule has 0 fully saturated rings. The monoisotopic (exact) mass is 256 g/mol. The van der Waals surface area contributed by atoms with Gasteiger partial charge in [0.15, 0.2) is 0 Å². The lowest BCUT2D eigenvalue weighted by molar-refractivity contribution is 0.0696. The van der Waals surface area contributed by atoms with Crippen molar-refractivity contribution in [1.82, 2.24) is 0 Å². The fraction of sp³-hybridized carbons (Fsp3) is 0.0667. The highest BCUT2D eigenvalue weighted by molar-refractivity contribution is 5.95. The van der Waals surface area contributed by atoms with Gasteiger partial charge in [0.25, 0.3) is 0 Å². The first-order valence-electron chi connectivity index (χ1n) is 5.68. The molecular weight excluding hydrogens is 244 g/mol. The summed E-state index contributed by atoms with van der Waals surface area (Å²) >= 11 is 0. The van der Waals surface area contributed by atoms with E-state index in [4.69, 9.17) is 9.84 Å². The van der Waals surface area contributed by atoms with E-state index in [1.807, 2.05) is 6.07 Å². The van der Waals surface area contributed by atoms with Crippen molar-refractivity contribution < 1.29 is 19.4 Å². The molecule has 0 bridgehead atoms. The highest BCUT2D eigenvalue weighted by Gasteiger charge is 2.12. The maximum absolute atomic E-state index is 11.9. The van der Waals surface area contributed by atoms with Gasteiger partial charge in [0.2, 0.25) is 0 Å². The van der Waals surface area contributed by atoms with Gasteiger partial charge in [0.1, 0.15) is 5.75 Å². The number of benzene rings is 2. The molecule has 0 atom stereocenters. The number of carbonyl (C=O) groups excluding carboxylic acids is 1. The van der Waals surface area contributed by atoms with Crippen LogP contribution in [0, 0.1) is 6.92 Å². The van der Waals surface area contributed by atoms with Gasteiger partial charge in [-0.3, -0.25) is 0 Å². The number of para-hydroxylation sites is 1. The SMILES string of the molecule is Cc1cc(C(=O)O)cc(C(=O)Oc2ccccc2)c1. The minimum atomic E-state index is -1.07. The number of aromatic carboxylic acids is 1. The van der Waals surface area contributed by atoms with Gasteiger partial charge in [-0.25, -0.2) is 9.59 Å². The Morgan fingerprint density at radius 2 is 1.63 bits per heavy atom. The lowest BCUT2D eigenvalue weighted by Gasteiger charge is -2.06. The number of hydrogen-bond donors (Lipinski definition) is 1. The van der Waals surface area contributed by atoms with E-state index >= 15 is 0 Å². The molecule has 0 amide bonds. The second-order valence-electron chi connectivity index (χ2n) is 4.10. The smallest absolute Gasteiger partial charge is 0.343 e. The van der Waals surface area contributed by atoms with Crippen LogP contribution < -0.4 is 4.74 Å². The first-order chi connectivity index (χ1) is 9.06. The zero-order valence-electron chi connectivity index (χ0n) is 10.3. The number of rotatable bonds is 3. The molecule has 4 heteroatoms. The molecule has 96 valence electrons.